The molecule has 0 aliphatic carbocycles. The molecule has 2 aromatic rings. The highest BCUT2D eigenvalue weighted by atomic mass is 19.1. The van der Waals surface area contributed by atoms with Crippen LogP contribution < -0.4 is 10.5 Å². The normalized spacial score (nSPS) is 10.3. The van der Waals surface area contributed by atoms with E-state index in [1.54, 1.807) is 12.1 Å². The average Bonchev–Trinajstić information content (AvgIpc) is 2.38. The Balaban J connectivity index is 2.44. The number of benzene rings is 2. The fourth-order valence-corrected chi connectivity index (χ4v) is 1.75. The lowest BCUT2D eigenvalue weighted by atomic mass is 10.0. The predicted octanol–water partition coefficient (Wildman–Crippen LogP) is 2.74. The molecule has 98 valence electrons. The van der Waals surface area contributed by atoms with Gasteiger partial charge in [0.1, 0.15) is 0 Å². The monoisotopic (exact) mass is 263 g/mol. The van der Waals surface area contributed by atoms with Crippen molar-refractivity contribution in [3.63, 3.8) is 0 Å². The zero-order valence-electron chi connectivity index (χ0n) is 10.1. The van der Waals surface area contributed by atoms with E-state index in [-0.39, 0.29) is 0 Å². The van der Waals surface area contributed by atoms with E-state index in [1.807, 2.05) is 0 Å². The van der Waals surface area contributed by atoms with Crippen molar-refractivity contribution in [2.24, 2.45) is 5.73 Å². The molecule has 0 saturated carbocycles. The van der Waals surface area contributed by atoms with Gasteiger partial charge in [-0.25, -0.2) is 8.78 Å². The van der Waals surface area contributed by atoms with Crippen molar-refractivity contribution in [2.45, 2.75) is 0 Å². The summed E-state index contributed by atoms with van der Waals surface area (Å²) in [5, 5.41) is 0. The lowest BCUT2D eigenvalue weighted by Gasteiger charge is -2.07. The van der Waals surface area contributed by atoms with E-state index in [0.29, 0.717) is 16.7 Å². The van der Waals surface area contributed by atoms with Crippen molar-refractivity contribution in [1.82, 2.24) is 0 Å². The van der Waals surface area contributed by atoms with E-state index in [9.17, 15) is 13.6 Å². The van der Waals surface area contributed by atoms with Crippen LogP contribution in [-0.2, 0) is 0 Å². The van der Waals surface area contributed by atoms with Crippen LogP contribution >= 0.6 is 0 Å². The van der Waals surface area contributed by atoms with Gasteiger partial charge in [0.05, 0.1) is 7.11 Å². The van der Waals surface area contributed by atoms with E-state index in [4.69, 9.17) is 5.73 Å². The molecule has 0 aromatic heterocycles. The number of rotatable bonds is 3. The maximum atomic E-state index is 13.6. The summed E-state index contributed by atoms with van der Waals surface area (Å²) in [5.74, 6) is -2.54. The molecule has 0 saturated heterocycles. The summed E-state index contributed by atoms with van der Waals surface area (Å²) < 4.78 is 31.7. The summed E-state index contributed by atoms with van der Waals surface area (Å²) in [7, 11) is 1.20. The Morgan fingerprint density at radius 3 is 2.00 bits per heavy atom. The van der Waals surface area contributed by atoms with Crippen molar-refractivity contribution in [3.8, 4) is 16.9 Å². The second kappa shape index (κ2) is 5.06. The van der Waals surface area contributed by atoms with Crippen LogP contribution in [0, 0.1) is 11.6 Å². The van der Waals surface area contributed by atoms with Crippen LogP contribution in [0.25, 0.3) is 11.1 Å². The van der Waals surface area contributed by atoms with E-state index in [2.05, 4.69) is 4.74 Å². The van der Waals surface area contributed by atoms with Crippen LogP contribution in [0.1, 0.15) is 10.4 Å². The van der Waals surface area contributed by atoms with Crippen LogP contribution in [0.2, 0.25) is 0 Å². The van der Waals surface area contributed by atoms with Gasteiger partial charge < -0.3 is 10.5 Å². The van der Waals surface area contributed by atoms with Crippen LogP contribution in [0.15, 0.2) is 36.4 Å². The Morgan fingerprint density at radius 1 is 1.05 bits per heavy atom. The van der Waals surface area contributed by atoms with Crippen molar-refractivity contribution in [3.05, 3.63) is 53.6 Å². The van der Waals surface area contributed by atoms with Gasteiger partial charge in [0.15, 0.2) is 17.4 Å². The van der Waals surface area contributed by atoms with Gasteiger partial charge in [-0.15, -0.1) is 0 Å². The van der Waals surface area contributed by atoms with Crippen molar-refractivity contribution in [1.29, 1.82) is 0 Å². The topological polar surface area (TPSA) is 52.3 Å². The summed E-state index contributed by atoms with van der Waals surface area (Å²) in [6.45, 7) is 0. The maximum absolute atomic E-state index is 13.6. The van der Waals surface area contributed by atoms with E-state index < -0.39 is 23.3 Å². The summed E-state index contributed by atoms with van der Waals surface area (Å²) in [6, 6.07) is 8.47. The zero-order valence-corrected chi connectivity index (χ0v) is 10.1. The fraction of sp³-hybridized carbons (Fsp3) is 0.0714. The summed E-state index contributed by atoms with van der Waals surface area (Å²) in [6.07, 6.45) is 0. The third-order valence-corrected chi connectivity index (χ3v) is 2.71. The average molecular weight is 263 g/mol. The van der Waals surface area contributed by atoms with Gasteiger partial charge in [0.2, 0.25) is 5.91 Å². The minimum absolute atomic E-state index is 0.332. The molecule has 0 unspecified atom stereocenters. The molecule has 2 aromatic carbocycles. The summed E-state index contributed by atoms with van der Waals surface area (Å²) >= 11 is 0. The van der Waals surface area contributed by atoms with E-state index in [0.717, 1.165) is 0 Å². The lowest BCUT2D eigenvalue weighted by Crippen LogP contribution is -2.10. The number of ether oxygens (including phenoxy) is 1. The van der Waals surface area contributed by atoms with E-state index in [1.165, 1.54) is 31.4 Å². The molecule has 5 heteroatoms. The van der Waals surface area contributed by atoms with Crippen molar-refractivity contribution in [2.75, 3.05) is 7.11 Å². The SMILES string of the molecule is COc1c(F)cc(-c2ccc(C(N)=O)cc2)cc1F. The number of nitrogens with two attached hydrogens (primary N) is 1. The Labute approximate surface area is 108 Å². The van der Waals surface area contributed by atoms with Gasteiger partial charge >= 0.3 is 0 Å². The molecule has 19 heavy (non-hydrogen) atoms. The third kappa shape index (κ3) is 2.54. The third-order valence-electron chi connectivity index (χ3n) is 2.71. The number of amides is 1. The molecule has 0 atom stereocenters. The fourth-order valence-electron chi connectivity index (χ4n) is 1.75. The maximum Gasteiger partial charge on any atom is 0.248 e. The molecule has 3 nitrogen and oxygen atoms in total. The minimum Gasteiger partial charge on any atom is -0.491 e. The predicted molar refractivity (Wildman–Crippen MR) is 66.9 cm³/mol. The molecule has 0 radical (unpaired) electrons. The number of halogens is 2. The zero-order chi connectivity index (χ0) is 14.0. The molecule has 0 fully saturated rings. The van der Waals surface area contributed by atoms with Gasteiger partial charge in [-0.3, -0.25) is 4.79 Å². The van der Waals surface area contributed by atoms with Crippen molar-refractivity contribution >= 4 is 5.91 Å². The van der Waals surface area contributed by atoms with Gasteiger partial charge in [-0.2, -0.15) is 0 Å². The Bertz CT molecular complexity index is 601. The first kappa shape index (κ1) is 13.0. The second-order valence-corrected chi connectivity index (χ2v) is 3.91. The Morgan fingerprint density at radius 2 is 1.58 bits per heavy atom. The number of primary amides is 1. The minimum atomic E-state index is -0.781. The molecule has 2 rings (SSSR count). The highest BCUT2D eigenvalue weighted by Crippen LogP contribution is 2.28. The summed E-state index contributed by atoms with van der Waals surface area (Å²) in [4.78, 5) is 10.9. The second-order valence-electron chi connectivity index (χ2n) is 3.91. The standard InChI is InChI=1S/C14H11F2NO2/c1-19-13-11(15)6-10(7-12(13)16)8-2-4-9(5-3-8)14(17)18/h2-7H,1H3,(H2,17,18). The number of carbonyl (C=O) groups excluding carboxylic acids is 1. The van der Waals surface area contributed by atoms with Gasteiger partial charge in [0.25, 0.3) is 0 Å². The molecule has 0 aliphatic rings. The van der Waals surface area contributed by atoms with Crippen LogP contribution in [0.4, 0.5) is 8.78 Å². The van der Waals surface area contributed by atoms with Gasteiger partial charge in [-0.1, -0.05) is 12.1 Å². The molecule has 1 amide bonds. The summed E-state index contributed by atoms with van der Waals surface area (Å²) in [5.41, 5.74) is 6.37. The van der Waals surface area contributed by atoms with Crippen LogP contribution in [-0.4, -0.2) is 13.0 Å². The number of methoxy groups -OCH3 is 1. The van der Waals surface area contributed by atoms with E-state index >= 15 is 0 Å². The smallest absolute Gasteiger partial charge is 0.248 e. The molecule has 0 spiro atoms. The first-order valence-corrected chi connectivity index (χ1v) is 5.46. The van der Waals surface area contributed by atoms with Crippen LogP contribution in [0.5, 0.6) is 5.75 Å². The molecule has 0 aliphatic heterocycles. The molecule has 0 heterocycles. The number of hydrogen-bond donors (Lipinski definition) is 1. The van der Waals surface area contributed by atoms with Gasteiger partial charge in [0, 0.05) is 5.56 Å². The molecule has 0 bridgehead atoms. The number of hydrogen-bond acceptors (Lipinski definition) is 2. The Hall–Kier alpha value is -2.43. The molecular formula is C14H11F2NO2. The lowest BCUT2D eigenvalue weighted by molar-refractivity contribution is 0.100. The van der Waals surface area contributed by atoms with Crippen LogP contribution in [0.3, 0.4) is 0 Å². The highest BCUT2D eigenvalue weighted by molar-refractivity contribution is 5.93. The van der Waals surface area contributed by atoms with Crippen molar-refractivity contribution < 1.29 is 18.3 Å². The first-order valence-electron chi connectivity index (χ1n) is 5.46. The molecule has 2 N–H and O–H groups in total. The largest absolute Gasteiger partial charge is 0.491 e. The Kier molecular flexibility index (Phi) is 3.46. The number of carbonyl (C=O) groups is 1. The molecular weight excluding hydrogens is 252 g/mol. The quantitative estimate of drug-likeness (QED) is 0.925. The highest BCUT2D eigenvalue weighted by Gasteiger charge is 2.12. The van der Waals surface area contributed by atoms with Gasteiger partial charge in [-0.05, 0) is 35.4 Å². The first-order chi connectivity index (χ1) is 9.02.